The predicted molar refractivity (Wildman–Crippen MR) is 93.5 cm³/mol. The van der Waals surface area contributed by atoms with Crippen LogP contribution in [0.3, 0.4) is 0 Å². The van der Waals surface area contributed by atoms with Crippen LogP contribution in [0.5, 0.6) is 5.75 Å². The van der Waals surface area contributed by atoms with E-state index in [9.17, 15) is 13.6 Å². The molecule has 1 aromatic carbocycles. The Labute approximate surface area is 148 Å². The number of nitrogens with one attached hydrogen (secondary N) is 1. The third kappa shape index (κ3) is 5.66. The Morgan fingerprint density at radius 3 is 2.52 bits per heavy atom. The molecule has 0 aromatic heterocycles. The van der Waals surface area contributed by atoms with Crippen molar-refractivity contribution in [1.82, 2.24) is 10.2 Å². The lowest BCUT2D eigenvalue weighted by atomic mass is 9.88. The molecule has 4 nitrogen and oxygen atoms in total. The van der Waals surface area contributed by atoms with Gasteiger partial charge in [-0.1, -0.05) is 13.8 Å². The molecule has 1 aromatic rings. The van der Waals surface area contributed by atoms with Crippen LogP contribution in [0.1, 0.15) is 34.1 Å². The second kappa shape index (κ2) is 8.13. The van der Waals surface area contributed by atoms with Crippen LogP contribution in [0.25, 0.3) is 0 Å². The van der Waals surface area contributed by atoms with Crippen LogP contribution in [0.15, 0.2) is 18.2 Å². The van der Waals surface area contributed by atoms with Crippen molar-refractivity contribution in [2.24, 2.45) is 11.8 Å². The number of carbonyl (C=O) groups excluding carboxylic acids is 1. The molecule has 1 aliphatic heterocycles. The molecular weight excluding hydrogens is 326 g/mol. The number of nitrogens with zero attached hydrogens (tertiary/aromatic N) is 1. The molecule has 0 aliphatic carbocycles. The lowest BCUT2D eigenvalue weighted by molar-refractivity contribution is -0.123. The molecule has 2 unspecified atom stereocenters. The first-order valence-electron chi connectivity index (χ1n) is 8.77. The number of likely N-dealkylation sites (tertiary alicyclic amines) is 1. The van der Waals surface area contributed by atoms with Crippen LogP contribution in [0.2, 0.25) is 0 Å². The predicted octanol–water partition coefficient (Wildman–Crippen LogP) is 3.22. The maximum atomic E-state index is 13.5. The summed E-state index contributed by atoms with van der Waals surface area (Å²) in [6.07, 6.45) is 1.23. The quantitative estimate of drug-likeness (QED) is 0.853. The molecule has 140 valence electrons. The van der Waals surface area contributed by atoms with Crippen LogP contribution in [0, 0.1) is 23.5 Å². The average Bonchev–Trinajstić information content (AvgIpc) is 2.51. The van der Waals surface area contributed by atoms with Crippen molar-refractivity contribution in [3.8, 4) is 5.75 Å². The summed E-state index contributed by atoms with van der Waals surface area (Å²) in [6.45, 7) is 10.9. The molecule has 0 saturated carbocycles. The van der Waals surface area contributed by atoms with Gasteiger partial charge in [0.15, 0.2) is 18.2 Å². The number of rotatable bonds is 6. The largest absolute Gasteiger partial charge is 0.481 e. The lowest BCUT2D eigenvalue weighted by Crippen LogP contribution is -2.56. The normalized spacial score (nSPS) is 21.8. The zero-order chi connectivity index (χ0) is 18.6. The standard InChI is InChI=1S/C19H28F2N2O2/c1-13-7-14(2)10-23(9-13)19(3,4)12-22-18(24)11-25-17-6-5-15(20)8-16(17)21/h5-6,8,13-14H,7,9-12H2,1-4H3,(H,22,24). The van der Waals surface area contributed by atoms with Gasteiger partial charge in [-0.2, -0.15) is 0 Å². The van der Waals surface area contributed by atoms with E-state index in [0.29, 0.717) is 18.4 Å². The number of carbonyl (C=O) groups is 1. The number of halogens is 2. The monoisotopic (exact) mass is 354 g/mol. The van der Waals surface area contributed by atoms with E-state index in [1.165, 1.54) is 12.5 Å². The number of ether oxygens (including phenoxy) is 1. The maximum absolute atomic E-state index is 13.5. The van der Waals surface area contributed by atoms with Crippen LogP contribution in [-0.2, 0) is 4.79 Å². The Balaban J connectivity index is 1.82. The van der Waals surface area contributed by atoms with Crippen LogP contribution < -0.4 is 10.1 Å². The number of hydrogen-bond donors (Lipinski definition) is 1. The molecule has 6 heteroatoms. The summed E-state index contributed by atoms with van der Waals surface area (Å²) in [5, 5.41) is 2.85. The highest BCUT2D eigenvalue weighted by Crippen LogP contribution is 2.26. The topological polar surface area (TPSA) is 41.6 Å². The third-order valence-corrected chi connectivity index (χ3v) is 4.70. The fraction of sp³-hybridized carbons (Fsp3) is 0.632. The average molecular weight is 354 g/mol. The lowest BCUT2D eigenvalue weighted by Gasteiger charge is -2.45. The summed E-state index contributed by atoms with van der Waals surface area (Å²) in [4.78, 5) is 14.4. The van der Waals surface area contributed by atoms with Gasteiger partial charge in [-0.15, -0.1) is 0 Å². The van der Waals surface area contributed by atoms with Crippen molar-refractivity contribution < 1.29 is 18.3 Å². The zero-order valence-electron chi connectivity index (χ0n) is 15.4. The molecule has 25 heavy (non-hydrogen) atoms. The van der Waals surface area contributed by atoms with Gasteiger partial charge < -0.3 is 10.1 Å². The summed E-state index contributed by atoms with van der Waals surface area (Å²) >= 11 is 0. The third-order valence-electron chi connectivity index (χ3n) is 4.70. The first-order chi connectivity index (χ1) is 11.7. The second-order valence-corrected chi connectivity index (χ2v) is 7.80. The van der Waals surface area contributed by atoms with E-state index in [1.807, 2.05) is 0 Å². The van der Waals surface area contributed by atoms with E-state index >= 15 is 0 Å². The van der Waals surface area contributed by atoms with Crippen molar-refractivity contribution in [2.45, 2.75) is 39.7 Å². The highest BCUT2D eigenvalue weighted by atomic mass is 19.1. The van der Waals surface area contributed by atoms with Gasteiger partial charge in [0.2, 0.25) is 0 Å². The molecule has 1 saturated heterocycles. The minimum atomic E-state index is -0.815. The smallest absolute Gasteiger partial charge is 0.258 e. The highest BCUT2D eigenvalue weighted by Gasteiger charge is 2.32. The number of hydrogen-bond acceptors (Lipinski definition) is 3. The van der Waals surface area contributed by atoms with Gasteiger partial charge >= 0.3 is 0 Å². The van der Waals surface area contributed by atoms with Gasteiger partial charge in [0.05, 0.1) is 0 Å². The molecule has 1 heterocycles. The summed E-state index contributed by atoms with van der Waals surface area (Å²) in [5.74, 6) is -0.665. The summed E-state index contributed by atoms with van der Waals surface area (Å²) < 4.78 is 31.5. The van der Waals surface area contributed by atoms with Crippen molar-refractivity contribution in [3.05, 3.63) is 29.8 Å². The zero-order valence-corrected chi connectivity index (χ0v) is 15.4. The minimum Gasteiger partial charge on any atom is -0.481 e. The first-order valence-corrected chi connectivity index (χ1v) is 8.77. The van der Waals surface area contributed by atoms with E-state index in [2.05, 4.69) is 37.9 Å². The molecule has 1 fully saturated rings. The molecule has 2 rings (SSSR count). The van der Waals surface area contributed by atoms with Crippen molar-refractivity contribution in [2.75, 3.05) is 26.2 Å². The molecule has 0 bridgehead atoms. The SMILES string of the molecule is CC1CC(C)CN(C(C)(C)CNC(=O)COc2ccc(F)cc2F)C1. The number of piperidine rings is 1. The van der Waals surface area contributed by atoms with Crippen LogP contribution in [0.4, 0.5) is 8.78 Å². The van der Waals surface area contributed by atoms with Crippen LogP contribution in [-0.4, -0.2) is 42.6 Å². The Hall–Kier alpha value is -1.69. The maximum Gasteiger partial charge on any atom is 0.258 e. The first kappa shape index (κ1) is 19.6. The van der Waals surface area contributed by atoms with Gasteiger partial charge in [-0.25, -0.2) is 8.78 Å². The number of benzene rings is 1. The van der Waals surface area contributed by atoms with E-state index in [1.54, 1.807) is 0 Å². The van der Waals surface area contributed by atoms with E-state index in [-0.39, 0.29) is 23.8 Å². The van der Waals surface area contributed by atoms with Gasteiger partial charge in [-0.3, -0.25) is 9.69 Å². The van der Waals surface area contributed by atoms with Gasteiger partial charge in [0.1, 0.15) is 5.82 Å². The molecular formula is C19H28F2N2O2. The van der Waals surface area contributed by atoms with Gasteiger partial charge in [0.25, 0.3) is 5.91 Å². The fourth-order valence-electron chi connectivity index (χ4n) is 3.37. The molecule has 1 N–H and O–H groups in total. The summed E-state index contributed by atoms with van der Waals surface area (Å²) in [6, 6.07) is 3.01. The van der Waals surface area contributed by atoms with E-state index < -0.39 is 11.6 Å². The Kier molecular flexibility index (Phi) is 6.38. The van der Waals surface area contributed by atoms with Gasteiger partial charge in [-0.05, 0) is 44.2 Å². The van der Waals surface area contributed by atoms with Crippen molar-refractivity contribution in [1.29, 1.82) is 0 Å². The summed E-state index contributed by atoms with van der Waals surface area (Å²) in [5.41, 5.74) is -0.167. The highest BCUT2D eigenvalue weighted by molar-refractivity contribution is 5.77. The fourth-order valence-corrected chi connectivity index (χ4v) is 3.37. The Morgan fingerprint density at radius 1 is 1.28 bits per heavy atom. The Bertz CT molecular complexity index is 597. The molecule has 0 radical (unpaired) electrons. The van der Waals surface area contributed by atoms with Crippen molar-refractivity contribution in [3.63, 3.8) is 0 Å². The molecule has 1 aliphatic rings. The second-order valence-electron chi connectivity index (χ2n) is 7.80. The molecule has 2 atom stereocenters. The molecule has 1 amide bonds. The minimum absolute atomic E-state index is 0.130. The van der Waals surface area contributed by atoms with Crippen LogP contribution >= 0.6 is 0 Å². The molecule has 0 spiro atoms. The number of amides is 1. The summed E-state index contributed by atoms with van der Waals surface area (Å²) in [7, 11) is 0. The van der Waals surface area contributed by atoms with Gasteiger partial charge in [0, 0.05) is 31.2 Å². The van der Waals surface area contributed by atoms with Crippen molar-refractivity contribution >= 4 is 5.91 Å². The van der Waals surface area contributed by atoms with E-state index in [0.717, 1.165) is 25.2 Å². The Morgan fingerprint density at radius 2 is 1.92 bits per heavy atom. The van der Waals surface area contributed by atoms with E-state index in [4.69, 9.17) is 4.74 Å².